The Morgan fingerprint density at radius 1 is 1.24 bits per heavy atom. The number of ketones is 1. The van der Waals surface area contributed by atoms with Crippen LogP contribution >= 0.6 is 0 Å². The topological polar surface area (TPSA) is 94.1 Å². The van der Waals surface area contributed by atoms with Gasteiger partial charge in [-0.2, -0.15) is 0 Å². The number of carboxylic acid groups (broad SMARTS) is 1. The van der Waals surface area contributed by atoms with Crippen LogP contribution < -0.4 is 14.8 Å². The van der Waals surface area contributed by atoms with Gasteiger partial charge in [0.15, 0.2) is 11.5 Å². The number of carboxylic acids is 1. The van der Waals surface area contributed by atoms with Gasteiger partial charge in [-0.05, 0) is 31.0 Å². The standard InChI is InChI=1S/C18H25NO6/c1-11(20)13-10-14(18(21)22)19-17(13)12-5-6-15(24-3)16(9-12)25-8-4-7-23-2/h5-6,9,13-14,17,19H,4,7-8,10H2,1-3H3,(H,21,22)/t13-,14?,17?/m1/s1. The molecule has 2 N–H and O–H groups in total. The molecule has 1 aliphatic heterocycles. The van der Waals surface area contributed by atoms with Crippen LogP contribution in [0.1, 0.15) is 31.4 Å². The van der Waals surface area contributed by atoms with Crippen LogP contribution in [0.25, 0.3) is 0 Å². The monoisotopic (exact) mass is 351 g/mol. The Hall–Kier alpha value is -2.12. The zero-order valence-corrected chi connectivity index (χ0v) is 14.8. The third kappa shape index (κ3) is 4.70. The molecule has 1 saturated heterocycles. The number of carbonyl (C=O) groups is 2. The van der Waals surface area contributed by atoms with Crippen LogP contribution in [0.4, 0.5) is 0 Å². The van der Waals surface area contributed by atoms with Crippen molar-refractivity contribution in [1.29, 1.82) is 0 Å². The summed E-state index contributed by atoms with van der Waals surface area (Å²) in [4.78, 5) is 23.2. The number of ether oxygens (including phenoxy) is 3. The summed E-state index contributed by atoms with van der Waals surface area (Å²) in [5, 5.41) is 12.3. The predicted molar refractivity (Wildman–Crippen MR) is 91.1 cm³/mol. The van der Waals surface area contributed by atoms with Gasteiger partial charge in [0.2, 0.25) is 0 Å². The summed E-state index contributed by atoms with van der Waals surface area (Å²) in [5.74, 6) is -0.193. The van der Waals surface area contributed by atoms with Crippen molar-refractivity contribution in [1.82, 2.24) is 5.32 Å². The summed E-state index contributed by atoms with van der Waals surface area (Å²) in [7, 11) is 3.19. The van der Waals surface area contributed by atoms with E-state index in [9.17, 15) is 14.7 Å². The van der Waals surface area contributed by atoms with E-state index < -0.39 is 12.0 Å². The average Bonchev–Trinajstić information content (AvgIpc) is 3.04. The molecular weight excluding hydrogens is 326 g/mol. The van der Waals surface area contributed by atoms with Crippen molar-refractivity contribution in [3.8, 4) is 11.5 Å². The Morgan fingerprint density at radius 2 is 2.00 bits per heavy atom. The van der Waals surface area contributed by atoms with E-state index >= 15 is 0 Å². The number of carbonyl (C=O) groups excluding carboxylic acids is 1. The molecule has 3 atom stereocenters. The number of benzene rings is 1. The van der Waals surface area contributed by atoms with Gasteiger partial charge in [-0.15, -0.1) is 0 Å². The molecule has 0 radical (unpaired) electrons. The van der Waals surface area contributed by atoms with Crippen LogP contribution in [0.2, 0.25) is 0 Å². The highest BCUT2D eigenvalue weighted by atomic mass is 16.5. The fourth-order valence-corrected chi connectivity index (χ4v) is 3.08. The third-order valence-electron chi connectivity index (χ3n) is 4.39. The molecule has 1 heterocycles. The molecule has 0 bridgehead atoms. The Labute approximate surface area is 147 Å². The lowest BCUT2D eigenvalue weighted by Gasteiger charge is -2.20. The first kappa shape index (κ1) is 19.2. The zero-order valence-electron chi connectivity index (χ0n) is 14.8. The first-order valence-electron chi connectivity index (χ1n) is 8.27. The van der Waals surface area contributed by atoms with Crippen molar-refractivity contribution in [2.45, 2.75) is 31.8 Å². The number of Topliss-reactive ketones (excluding diaryl/α,β-unsaturated/α-hetero) is 1. The summed E-state index contributed by atoms with van der Waals surface area (Å²) in [6.07, 6.45) is 1.02. The van der Waals surface area contributed by atoms with Crippen LogP contribution in [-0.4, -0.2) is 50.3 Å². The van der Waals surface area contributed by atoms with E-state index in [2.05, 4.69) is 5.32 Å². The molecular formula is C18H25NO6. The van der Waals surface area contributed by atoms with E-state index in [0.29, 0.717) is 24.7 Å². The average molecular weight is 351 g/mol. The summed E-state index contributed by atoms with van der Waals surface area (Å²) in [6.45, 7) is 2.56. The van der Waals surface area contributed by atoms with Crippen LogP contribution in [0.3, 0.4) is 0 Å². The van der Waals surface area contributed by atoms with Crippen molar-refractivity contribution in [2.75, 3.05) is 27.4 Å². The molecule has 0 spiro atoms. The second kappa shape index (κ2) is 8.82. The van der Waals surface area contributed by atoms with Crippen molar-refractivity contribution >= 4 is 11.8 Å². The molecule has 7 heteroatoms. The molecule has 0 amide bonds. The zero-order chi connectivity index (χ0) is 18.4. The van der Waals surface area contributed by atoms with E-state index in [1.54, 1.807) is 20.3 Å². The van der Waals surface area contributed by atoms with Crippen LogP contribution in [0.15, 0.2) is 18.2 Å². The van der Waals surface area contributed by atoms with Gasteiger partial charge >= 0.3 is 5.97 Å². The maximum absolute atomic E-state index is 11.9. The molecule has 2 unspecified atom stereocenters. The van der Waals surface area contributed by atoms with E-state index in [-0.39, 0.29) is 24.2 Å². The normalized spacial score (nSPS) is 22.6. The largest absolute Gasteiger partial charge is 0.493 e. The fourth-order valence-electron chi connectivity index (χ4n) is 3.08. The lowest BCUT2D eigenvalue weighted by atomic mass is 9.90. The Balaban J connectivity index is 2.22. The van der Waals surface area contributed by atoms with E-state index in [0.717, 1.165) is 12.0 Å². The number of methoxy groups -OCH3 is 2. The number of hydrogen-bond donors (Lipinski definition) is 2. The van der Waals surface area contributed by atoms with Gasteiger partial charge in [0, 0.05) is 32.1 Å². The maximum Gasteiger partial charge on any atom is 0.320 e. The minimum atomic E-state index is -0.946. The molecule has 0 aromatic heterocycles. The molecule has 0 aliphatic carbocycles. The predicted octanol–water partition coefficient (Wildman–Crippen LogP) is 1.80. The number of aliphatic carboxylic acids is 1. The molecule has 2 rings (SSSR count). The van der Waals surface area contributed by atoms with Crippen LogP contribution in [0.5, 0.6) is 11.5 Å². The van der Waals surface area contributed by atoms with Crippen molar-refractivity contribution in [3.63, 3.8) is 0 Å². The van der Waals surface area contributed by atoms with Crippen molar-refractivity contribution in [3.05, 3.63) is 23.8 Å². The number of nitrogens with one attached hydrogen (secondary N) is 1. The number of hydrogen-bond acceptors (Lipinski definition) is 6. The highest BCUT2D eigenvalue weighted by Gasteiger charge is 2.40. The Kier molecular flexibility index (Phi) is 6.78. The van der Waals surface area contributed by atoms with E-state index in [4.69, 9.17) is 14.2 Å². The quantitative estimate of drug-likeness (QED) is 0.655. The van der Waals surface area contributed by atoms with Gasteiger partial charge in [-0.25, -0.2) is 0 Å². The second-order valence-corrected chi connectivity index (χ2v) is 6.09. The van der Waals surface area contributed by atoms with Gasteiger partial charge in [0.25, 0.3) is 0 Å². The van der Waals surface area contributed by atoms with Gasteiger partial charge in [-0.1, -0.05) is 6.07 Å². The van der Waals surface area contributed by atoms with Crippen LogP contribution in [0, 0.1) is 5.92 Å². The summed E-state index contributed by atoms with van der Waals surface area (Å²) in [6, 6.07) is 4.33. The van der Waals surface area contributed by atoms with Crippen LogP contribution in [-0.2, 0) is 14.3 Å². The van der Waals surface area contributed by atoms with Crippen molar-refractivity contribution in [2.24, 2.45) is 5.92 Å². The van der Waals surface area contributed by atoms with Gasteiger partial charge < -0.3 is 19.3 Å². The molecule has 138 valence electrons. The van der Waals surface area contributed by atoms with E-state index in [1.165, 1.54) is 6.92 Å². The summed E-state index contributed by atoms with van der Waals surface area (Å²) >= 11 is 0. The first-order valence-corrected chi connectivity index (χ1v) is 8.27. The third-order valence-corrected chi connectivity index (χ3v) is 4.39. The maximum atomic E-state index is 11.9. The summed E-state index contributed by atoms with van der Waals surface area (Å²) < 4.78 is 16.1. The number of rotatable bonds is 9. The highest BCUT2D eigenvalue weighted by molar-refractivity contribution is 5.82. The highest BCUT2D eigenvalue weighted by Crippen LogP contribution is 2.37. The Bertz CT molecular complexity index is 618. The molecule has 1 aromatic rings. The minimum absolute atomic E-state index is 0.0281. The molecule has 1 fully saturated rings. The van der Waals surface area contributed by atoms with Gasteiger partial charge in [0.05, 0.1) is 13.7 Å². The van der Waals surface area contributed by atoms with Gasteiger partial charge in [-0.3, -0.25) is 14.9 Å². The summed E-state index contributed by atoms with van der Waals surface area (Å²) in [5.41, 5.74) is 0.812. The first-order chi connectivity index (χ1) is 12.0. The molecule has 0 saturated carbocycles. The molecule has 7 nitrogen and oxygen atoms in total. The lowest BCUT2D eigenvalue weighted by Crippen LogP contribution is -2.32. The van der Waals surface area contributed by atoms with E-state index in [1.807, 2.05) is 12.1 Å². The minimum Gasteiger partial charge on any atom is -0.493 e. The lowest BCUT2D eigenvalue weighted by molar-refractivity contribution is -0.139. The van der Waals surface area contributed by atoms with Gasteiger partial charge in [0.1, 0.15) is 11.8 Å². The Morgan fingerprint density at radius 3 is 2.60 bits per heavy atom. The van der Waals surface area contributed by atoms with Crippen molar-refractivity contribution < 1.29 is 28.9 Å². The SMILES string of the molecule is COCCCOc1cc(C2NC(C(=O)O)C[C@@H]2C(C)=O)ccc1OC. The molecule has 25 heavy (non-hydrogen) atoms. The second-order valence-electron chi connectivity index (χ2n) is 6.09. The molecule has 1 aliphatic rings. The smallest absolute Gasteiger partial charge is 0.320 e. The molecule has 1 aromatic carbocycles. The fraction of sp³-hybridized carbons (Fsp3) is 0.556.